The van der Waals surface area contributed by atoms with Gasteiger partial charge in [0, 0.05) is 23.1 Å². The first-order valence-electron chi connectivity index (χ1n) is 13.1. The maximum absolute atomic E-state index is 10.9. The molecule has 206 valence electrons. The SMILES string of the molecule is CCCc1ccc(OCCc2coc(-c3cc(C(C)(C)C)c(O)c(C(C)(C)C)c3)n2)cc1.CCNC.Cl. The molecule has 2 aromatic carbocycles. The van der Waals surface area contributed by atoms with Gasteiger partial charge in [0.2, 0.25) is 5.89 Å². The number of hydrogen-bond acceptors (Lipinski definition) is 5. The Balaban J connectivity index is 0.00000127. The lowest BCUT2D eigenvalue weighted by atomic mass is 9.78. The van der Waals surface area contributed by atoms with Crippen LogP contribution in [0.25, 0.3) is 11.5 Å². The van der Waals surface area contributed by atoms with Crippen LogP contribution in [-0.4, -0.2) is 30.3 Å². The van der Waals surface area contributed by atoms with E-state index >= 15 is 0 Å². The van der Waals surface area contributed by atoms with E-state index in [1.807, 2.05) is 31.3 Å². The van der Waals surface area contributed by atoms with Crippen molar-refractivity contribution in [2.24, 2.45) is 0 Å². The highest BCUT2D eigenvalue weighted by Gasteiger charge is 2.27. The van der Waals surface area contributed by atoms with E-state index in [1.54, 1.807) is 6.26 Å². The van der Waals surface area contributed by atoms with Crippen LogP contribution in [0.2, 0.25) is 0 Å². The van der Waals surface area contributed by atoms with Crippen molar-refractivity contribution < 1.29 is 14.3 Å². The average Bonchev–Trinajstić information content (AvgIpc) is 3.28. The highest BCUT2D eigenvalue weighted by atomic mass is 35.5. The molecule has 0 saturated heterocycles. The van der Waals surface area contributed by atoms with Gasteiger partial charge in [0.05, 0.1) is 12.3 Å². The molecule has 0 aliphatic rings. The van der Waals surface area contributed by atoms with Crippen LogP contribution in [0.1, 0.15) is 84.2 Å². The van der Waals surface area contributed by atoms with Crippen LogP contribution in [0.5, 0.6) is 11.5 Å². The van der Waals surface area contributed by atoms with Crippen molar-refractivity contribution in [2.45, 2.75) is 85.5 Å². The van der Waals surface area contributed by atoms with Crippen molar-refractivity contribution in [1.29, 1.82) is 0 Å². The van der Waals surface area contributed by atoms with E-state index in [9.17, 15) is 5.11 Å². The number of rotatable bonds is 8. The van der Waals surface area contributed by atoms with E-state index in [4.69, 9.17) is 14.1 Å². The van der Waals surface area contributed by atoms with Crippen molar-refractivity contribution >= 4 is 12.4 Å². The Kier molecular flexibility index (Phi) is 12.7. The van der Waals surface area contributed by atoms with Crippen molar-refractivity contribution in [3.63, 3.8) is 0 Å². The summed E-state index contributed by atoms with van der Waals surface area (Å²) in [5.74, 6) is 1.80. The Morgan fingerprint density at radius 1 is 0.919 bits per heavy atom. The van der Waals surface area contributed by atoms with Crippen LogP contribution in [0.15, 0.2) is 47.1 Å². The highest BCUT2D eigenvalue weighted by Crippen LogP contribution is 2.41. The summed E-state index contributed by atoms with van der Waals surface area (Å²) < 4.78 is 11.7. The van der Waals surface area contributed by atoms with Gasteiger partial charge in [0.25, 0.3) is 0 Å². The molecule has 0 radical (unpaired) electrons. The Morgan fingerprint density at radius 2 is 1.46 bits per heavy atom. The summed E-state index contributed by atoms with van der Waals surface area (Å²) in [7, 11) is 1.93. The molecule has 6 heteroatoms. The van der Waals surface area contributed by atoms with Gasteiger partial charge in [-0.2, -0.15) is 0 Å². The predicted molar refractivity (Wildman–Crippen MR) is 157 cm³/mol. The molecule has 5 nitrogen and oxygen atoms in total. The lowest BCUT2D eigenvalue weighted by molar-refractivity contribution is 0.320. The number of halogens is 1. The third-order valence-electron chi connectivity index (χ3n) is 5.97. The molecule has 37 heavy (non-hydrogen) atoms. The second-order valence-corrected chi connectivity index (χ2v) is 11.3. The van der Waals surface area contributed by atoms with Crippen LogP contribution in [0, 0.1) is 0 Å². The number of aromatic hydroxyl groups is 1. The minimum Gasteiger partial charge on any atom is -0.507 e. The van der Waals surface area contributed by atoms with Crippen molar-refractivity contribution in [1.82, 2.24) is 10.3 Å². The normalized spacial score (nSPS) is 11.4. The van der Waals surface area contributed by atoms with E-state index in [0.29, 0.717) is 24.7 Å². The molecule has 0 bridgehead atoms. The Labute approximate surface area is 230 Å². The zero-order chi connectivity index (χ0) is 26.9. The summed E-state index contributed by atoms with van der Waals surface area (Å²) >= 11 is 0. The van der Waals surface area contributed by atoms with Gasteiger partial charge in [-0.05, 0) is 60.7 Å². The first-order chi connectivity index (χ1) is 16.9. The fourth-order valence-electron chi connectivity index (χ4n) is 3.77. The zero-order valence-corrected chi connectivity index (χ0v) is 25.0. The second-order valence-electron chi connectivity index (χ2n) is 11.3. The number of aryl methyl sites for hydroxylation is 1. The Morgan fingerprint density at radius 3 is 1.92 bits per heavy atom. The van der Waals surface area contributed by atoms with Gasteiger partial charge >= 0.3 is 0 Å². The largest absolute Gasteiger partial charge is 0.507 e. The number of phenolic OH excluding ortho intramolecular Hbond substituents is 1. The summed E-state index contributed by atoms with van der Waals surface area (Å²) in [4.78, 5) is 4.70. The molecule has 3 rings (SSSR count). The van der Waals surface area contributed by atoms with Crippen molar-refractivity contribution in [3.05, 3.63) is 65.0 Å². The topological polar surface area (TPSA) is 67.5 Å². The zero-order valence-electron chi connectivity index (χ0n) is 24.2. The van der Waals surface area contributed by atoms with Crippen LogP contribution in [-0.2, 0) is 23.7 Å². The molecule has 1 heterocycles. The number of phenols is 1. The average molecular weight is 531 g/mol. The van der Waals surface area contributed by atoms with E-state index in [0.717, 1.165) is 47.5 Å². The second kappa shape index (κ2) is 14.4. The third-order valence-corrected chi connectivity index (χ3v) is 5.97. The molecule has 0 amide bonds. The fourth-order valence-corrected chi connectivity index (χ4v) is 3.77. The van der Waals surface area contributed by atoms with Gasteiger partial charge in [-0.3, -0.25) is 0 Å². The lowest BCUT2D eigenvalue weighted by Crippen LogP contribution is -2.17. The molecule has 0 atom stereocenters. The Bertz CT molecular complexity index is 1040. The highest BCUT2D eigenvalue weighted by molar-refractivity contribution is 5.85. The van der Waals surface area contributed by atoms with Crippen LogP contribution in [0.3, 0.4) is 0 Å². The summed E-state index contributed by atoms with van der Waals surface area (Å²) in [6.07, 6.45) is 4.59. The molecular weight excluding hydrogens is 484 g/mol. The number of nitrogens with one attached hydrogen (secondary N) is 1. The molecule has 0 aliphatic heterocycles. The van der Waals surface area contributed by atoms with Gasteiger partial charge in [-0.25, -0.2) is 4.98 Å². The number of benzene rings is 2. The van der Waals surface area contributed by atoms with E-state index in [2.05, 4.69) is 72.8 Å². The number of aromatic nitrogens is 1. The van der Waals surface area contributed by atoms with Gasteiger partial charge in [-0.15, -0.1) is 12.4 Å². The standard InChI is InChI=1S/C28H37NO3.C3H9N.ClH/c1-8-9-19-10-12-22(13-11-19)31-15-14-21-18-32-26(29-21)20-16-23(27(2,3)4)25(30)24(17-20)28(5,6)7;1-3-4-2;/h10-13,16-18,30H,8-9,14-15H2,1-7H3;4H,3H2,1-2H3;1H. The lowest BCUT2D eigenvalue weighted by Gasteiger charge is -2.27. The van der Waals surface area contributed by atoms with E-state index < -0.39 is 0 Å². The van der Waals surface area contributed by atoms with E-state index in [-0.39, 0.29) is 23.2 Å². The number of ether oxygens (including phenoxy) is 1. The quantitative estimate of drug-likeness (QED) is 0.310. The number of hydrogen-bond donors (Lipinski definition) is 2. The first-order valence-corrected chi connectivity index (χ1v) is 13.1. The fraction of sp³-hybridized carbons (Fsp3) is 0.516. The minimum atomic E-state index is -0.198. The Hall–Kier alpha value is -2.50. The van der Waals surface area contributed by atoms with Gasteiger partial charge in [0.1, 0.15) is 17.8 Å². The van der Waals surface area contributed by atoms with Gasteiger partial charge in [0.15, 0.2) is 0 Å². The molecule has 1 aromatic heterocycles. The van der Waals surface area contributed by atoms with Crippen molar-refractivity contribution in [2.75, 3.05) is 20.2 Å². The third kappa shape index (κ3) is 9.71. The van der Waals surface area contributed by atoms with Crippen molar-refractivity contribution in [3.8, 4) is 23.0 Å². The molecule has 0 spiro atoms. The van der Waals surface area contributed by atoms with Gasteiger partial charge < -0.3 is 19.6 Å². The molecule has 0 fully saturated rings. The molecule has 0 saturated carbocycles. The smallest absolute Gasteiger partial charge is 0.226 e. The first kappa shape index (κ1) is 32.5. The van der Waals surface area contributed by atoms with Crippen LogP contribution >= 0.6 is 12.4 Å². The summed E-state index contributed by atoms with van der Waals surface area (Å²) in [6.45, 7) is 18.5. The maximum atomic E-state index is 10.9. The summed E-state index contributed by atoms with van der Waals surface area (Å²) in [5, 5.41) is 13.9. The number of nitrogens with zero attached hydrogens (tertiary/aromatic N) is 1. The number of oxazole rings is 1. The molecule has 2 N–H and O–H groups in total. The molecule has 0 aliphatic carbocycles. The van der Waals surface area contributed by atoms with Gasteiger partial charge in [-0.1, -0.05) is 73.9 Å². The summed E-state index contributed by atoms with van der Waals surface area (Å²) in [6, 6.07) is 12.3. The monoisotopic (exact) mass is 530 g/mol. The van der Waals surface area contributed by atoms with Crippen LogP contribution in [0.4, 0.5) is 0 Å². The molecule has 0 unspecified atom stereocenters. The van der Waals surface area contributed by atoms with Crippen LogP contribution < -0.4 is 10.1 Å². The minimum absolute atomic E-state index is 0. The predicted octanol–water partition coefficient (Wildman–Crippen LogP) is 7.86. The van der Waals surface area contributed by atoms with E-state index in [1.165, 1.54) is 5.56 Å². The molecular formula is C31H47ClN2O3. The molecule has 3 aromatic rings. The maximum Gasteiger partial charge on any atom is 0.226 e. The summed E-state index contributed by atoms with van der Waals surface area (Å²) in [5.41, 5.74) is 4.47.